The lowest BCUT2D eigenvalue weighted by Crippen LogP contribution is -2.40. The molecule has 0 saturated carbocycles. The van der Waals surface area contributed by atoms with Crippen LogP contribution in [0.3, 0.4) is 0 Å². The van der Waals surface area contributed by atoms with Gasteiger partial charge in [-0.05, 0) is 29.5 Å². The summed E-state index contributed by atoms with van der Waals surface area (Å²) in [6, 6.07) is 1.95. The van der Waals surface area contributed by atoms with E-state index in [2.05, 4.69) is 5.32 Å². The largest absolute Gasteiger partial charge is 0.396 e. The molecule has 2 nitrogen and oxygen atoms in total. The second-order valence-corrected chi connectivity index (χ2v) is 5.69. The van der Waals surface area contributed by atoms with Crippen molar-refractivity contribution in [1.82, 2.24) is 5.32 Å². The first-order chi connectivity index (χ1) is 8.75. The van der Waals surface area contributed by atoms with Crippen LogP contribution in [-0.4, -0.2) is 17.8 Å². The van der Waals surface area contributed by atoms with Crippen LogP contribution in [0.4, 0.5) is 13.2 Å². The Kier molecular flexibility index (Phi) is 5.38. The van der Waals surface area contributed by atoms with Gasteiger partial charge in [0.2, 0.25) is 0 Å². The van der Waals surface area contributed by atoms with E-state index in [9.17, 15) is 13.2 Å². The Morgan fingerprint density at radius 2 is 1.68 bits per heavy atom. The van der Waals surface area contributed by atoms with Crippen molar-refractivity contribution in [1.29, 1.82) is 0 Å². The Labute approximate surface area is 111 Å². The van der Waals surface area contributed by atoms with Crippen molar-refractivity contribution in [2.24, 2.45) is 5.41 Å². The maximum Gasteiger partial charge on any atom is 0.194 e. The Hall–Kier alpha value is -1.07. The van der Waals surface area contributed by atoms with E-state index < -0.39 is 17.5 Å². The smallest absolute Gasteiger partial charge is 0.194 e. The zero-order chi connectivity index (χ0) is 14.6. The van der Waals surface area contributed by atoms with Gasteiger partial charge in [0.05, 0.1) is 0 Å². The van der Waals surface area contributed by atoms with Crippen LogP contribution in [-0.2, 0) is 6.54 Å². The van der Waals surface area contributed by atoms with Gasteiger partial charge in [-0.15, -0.1) is 0 Å². The van der Waals surface area contributed by atoms with Gasteiger partial charge >= 0.3 is 0 Å². The Bertz CT molecular complexity index is 406. The first-order valence-corrected chi connectivity index (χ1v) is 6.23. The molecule has 0 amide bonds. The molecule has 0 fully saturated rings. The van der Waals surface area contributed by atoms with Crippen LogP contribution in [0.15, 0.2) is 12.1 Å². The van der Waals surface area contributed by atoms with Crippen LogP contribution in [0.25, 0.3) is 0 Å². The van der Waals surface area contributed by atoms with Crippen molar-refractivity contribution in [3.63, 3.8) is 0 Å². The maximum absolute atomic E-state index is 13.1. The van der Waals surface area contributed by atoms with Gasteiger partial charge in [-0.25, -0.2) is 13.2 Å². The van der Waals surface area contributed by atoms with E-state index in [0.717, 1.165) is 12.1 Å². The van der Waals surface area contributed by atoms with Crippen molar-refractivity contribution in [2.75, 3.05) is 6.61 Å². The number of rotatable bonds is 5. The van der Waals surface area contributed by atoms with Gasteiger partial charge in [0.25, 0.3) is 0 Å². The van der Waals surface area contributed by atoms with E-state index in [4.69, 9.17) is 5.11 Å². The third-order valence-corrected chi connectivity index (χ3v) is 3.06. The highest BCUT2D eigenvalue weighted by atomic mass is 19.2. The van der Waals surface area contributed by atoms with E-state index >= 15 is 0 Å². The van der Waals surface area contributed by atoms with Crippen LogP contribution in [0.2, 0.25) is 0 Å². The highest BCUT2D eigenvalue weighted by molar-refractivity contribution is 5.19. The fourth-order valence-corrected chi connectivity index (χ4v) is 1.92. The summed E-state index contributed by atoms with van der Waals surface area (Å²) < 4.78 is 38.9. The highest BCUT2D eigenvalue weighted by Gasteiger charge is 2.23. The fourth-order valence-electron chi connectivity index (χ4n) is 1.92. The SMILES string of the molecule is CC(C)(C)C(CCO)NCc1cc(F)c(F)c(F)c1. The monoisotopic (exact) mass is 275 g/mol. The summed E-state index contributed by atoms with van der Waals surface area (Å²) in [7, 11) is 0. The molecule has 1 aromatic carbocycles. The van der Waals surface area contributed by atoms with Crippen molar-refractivity contribution in [3.8, 4) is 0 Å². The molecule has 19 heavy (non-hydrogen) atoms. The molecule has 1 rings (SSSR count). The standard InChI is InChI=1S/C14H20F3NO/c1-14(2,3)12(4-5-19)18-8-9-6-10(15)13(17)11(16)7-9/h6-7,12,18-19H,4-5,8H2,1-3H3. The molecular weight excluding hydrogens is 255 g/mol. The molecule has 5 heteroatoms. The zero-order valence-corrected chi connectivity index (χ0v) is 11.4. The van der Waals surface area contributed by atoms with Crippen LogP contribution in [0.1, 0.15) is 32.8 Å². The maximum atomic E-state index is 13.1. The van der Waals surface area contributed by atoms with E-state index in [1.54, 1.807) is 0 Å². The molecule has 1 unspecified atom stereocenters. The minimum Gasteiger partial charge on any atom is -0.396 e. The van der Waals surface area contributed by atoms with Crippen molar-refractivity contribution < 1.29 is 18.3 Å². The Balaban J connectivity index is 2.75. The summed E-state index contributed by atoms with van der Waals surface area (Å²) in [5, 5.41) is 12.1. The Morgan fingerprint density at radius 3 is 2.11 bits per heavy atom. The molecule has 0 bridgehead atoms. The molecule has 0 aliphatic rings. The molecule has 0 spiro atoms. The second kappa shape index (κ2) is 6.39. The van der Waals surface area contributed by atoms with Gasteiger partial charge < -0.3 is 10.4 Å². The summed E-state index contributed by atoms with van der Waals surface area (Å²) in [5.41, 5.74) is 0.239. The predicted octanol–water partition coefficient (Wildman–Crippen LogP) is 2.99. The lowest BCUT2D eigenvalue weighted by molar-refractivity contribution is 0.196. The molecule has 2 N–H and O–H groups in total. The lowest BCUT2D eigenvalue weighted by Gasteiger charge is -2.31. The van der Waals surface area contributed by atoms with Crippen LogP contribution < -0.4 is 5.32 Å². The predicted molar refractivity (Wildman–Crippen MR) is 68.1 cm³/mol. The fraction of sp³-hybridized carbons (Fsp3) is 0.571. The van der Waals surface area contributed by atoms with Crippen molar-refractivity contribution in [2.45, 2.75) is 39.8 Å². The zero-order valence-electron chi connectivity index (χ0n) is 11.4. The summed E-state index contributed by atoms with van der Waals surface area (Å²) >= 11 is 0. The third kappa shape index (κ3) is 4.51. The highest BCUT2D eigenvalue weighted by Crippen LogP contribution is 2.22. The lowest BCUT2D eigenvalue weighted by atomic mass is 9.85. The van der Waals surface area contributed by atoms with Gasteiger partial charge in [-0.2, -0.15) is 0 Å². The Morgan fingerprint density at radius 1 is 1.16 bits per heavy atom. The average molecular weight is 275 g/mol. The third-order valence-electron chi connectivity index (χ3n) is 3.06. The van der Waals surface area contributed by atoms with Gasteiger partial charge in [-0.1, -0.05) is 20.8 Å². The number of halogens is 3. The van der Waals surface area contributed by atoms with Crippen LogP contribution in [0.5, 0.6) is 0 Å². The molecule has 108 valence electrons. The number of benzene rings is 1. The summed E-state index contributed by atoms with van der Waals surface area (Å²) in [6.07, 6.45) is 0.537. The topological polar surface area (TPSA) is 32.3 Å². The summed E-state index contributed by atoms with van der Waals surface area (Å²) in [6.45, 7) is 6.27. The summed E-state index contributed by atoms with van der Waals surface area (Å²) in [4.78, 5) is 0. The first-order valence-electron chi connectivity index (χ1n) is 6.23. The number of aliphatic hydroxyl groups is 1. The van der Waals surface area contributed by atoms with Gasteiger partial charge in [-0.3, -0.25) is 0 Å². The molecule has 0 heterocycles. The van der Waals surface area contributed by atoms with E-state index in [1.165, 1.54) is 0 Å². The molecule has 1 aromatic rings. The quantitative estimate of drug-likeness (QED) is 0.810. The molecular formula is C14H20F3NO. The number of nitrogens with one attached hydrogen (secondary N) is 1. The number of hydrogen-bond donors (Lipinski definition) is 2. The van der Waals surface area contributed by atoms with Gasteiger partial charge in [0.15, 0.2) is 17.5 Å². The number of aliphatic hydroxyl groups excluding tert-OH is 1. The molecule has 0 aliphatic heterocycles. The minimum atomic E-state index is -1.45. The van der Waals surface area contributed by atoms with E-state index in [-0.39, 0.29) is 24.6 Å². The van der Waals surface area contributed by atoms with Crippen LogP contribution >= 0.6 is 0 Å². The van der Waals surface area contributed by atoms with Crippen molar-refractivity contribution in [3.05, 3.63) is 35.1 Å². The average Bonchev–Trinajstić information content (AvgIpc) is 2.29. The van der Waals surface area contributed by atoms with Gasteiger partial charge in [0, 0.05) is 19.2 Å². The van der Waals surface area contributed by atoms with Gasteiger partial charge in [0.1, 0.15) is 0 Å². The normalized spacial score (nSPS) is 13.6. The molecule has 0 saturated heterocycles. The number of hydrogen-bond acceptors (Lipinski definition) is 2. The first kappa shape index (κ1) is 16.0. The molecule has 0 radical (unpaired) electrons. The second-order valence-electron chi connectivity index (χ2n) is 5.69. The van der Waals surface area contributed by atoms with Crippen LogP contribution in [0, 0.1) is 22.9 Å². The molecule has 1 atom stereocenters. The summed E-state index contributed by atoms with van der Waals surface area (Å²) in [5.74, 6) is -3.83. The minimum absolute atomic E-state index is 0.00586. The van der Waals surface area contributed by atoms with E-state index in [0.29, 0.717) is 12.0 Å². The molecule has 0 aliphatic carbocycles. The molecule has 0 aromatic heterocycles. The van der Waals surface area contributed by atoms with Crippen molar-refractivity contribution >= 4 is 0 Å². The van der Waals surface area contributed by atoms with E-state index in [1.807, 2.05) is 20.8 Å².